The maximum Gasteiger partial charge on any atom is 0.0826 e. The van der Waals surface area contributed by atoms with Crippen molar-refractivity contribution in [2.75, 3.05) is 26.2 Å². The molecule has 5 nitrogen and oxygen atoms in total. The normalized spacial score (nSPS) is 20.4. The van der Waals surface area contributed by atoms with E-state index in [1.807, 2.05) is 6.07 Å². The molecule has 0 radical (unpaired) electrons. The van der Waals surface area contributed by atoms with Gasteiger partial charge in [-0.15, -0.1) is 5.10 Å². The fraction of sp³-hybridized carbons (Fsp3) is 0.556. The Morgan fingerprint density at radius 2 is 1.79 bits per heavy atom. The second kappa shape index (κ2) is 8.16. The van der Waals surface area contributed by atoms with Crippen molar-refractivity contribution in [3.63, 3.8) is 0 Å². The summed E-state index contributed by atoms with van der Waals surface area (Å²) in [7, 11) is 0. The number of aromatic nitrogens is 2. The second-order valence-corrected chi connectivity index (χ2v) is 7.68. The van der Waals surface area contributed by atoms with Crippen molar-refractivity contribution in [2.45, 2.75) is 39.0 Å². The third kappa shape index (κ3) is 4.60. The van der Waals surface area contributed by atoms with Crippen LogP contribution in [0.15, 0.2) is 30.3 Å². The Morgan fingerprint density at radius 3 is 2.46 bits per heavy atom. The minimum atomic E-state index is -0.320. The molecule has 0 spiro atoms. The summed E-state index contributed by atoms with van der Waals surface area (Å²) in [6.07, 6.45) is -0.320. The van der Waals surface area contributed by atoms with Gasteiger partial charge in [0.15, 0.2) is 0 Å². The van der Waals surface area contributed by atoms with Crippen LogP contribution in [0.2, 0.25) is 0 Å². The van der Waals surface area contributed by atoms with Gasteiger partial charge in [-0.05, 0) is 23.0 Å². The van der Waals surface area contributed by atoms with E-state index >= 15 is 0 Å². The van der Waals surface area contributed by atoms with Gasteiger partial charge >= 0.3 is 0 Å². The number of β-amino-alcohol motifs (C(OH)–C–C–N with tert-alkyl or cyclic N) is 1. The first-order valence-corrected chi connectivity index (χ1v) is 9.37. The SMILES string of the molecule is CC(C)c1nnsc1CN1CCN(Cc2ccccc2)C[C@@H](O)C1. The minimum Gasteiger partial charge on any atom is -0.390 e. The smallest absolute Gasteiger partial charge is 0.0826 e. The fourth-order valence-electron chi connectivity index (χ4n) is 3.21. The predicted octanol–water partition coefficient (Wildman–Crippen LogP) is 2.34. The van der Waals surface area contributed by atoms with Crippen LogP contribution in [-0.4, -0.2) is 56.8 Å². The molecule has 1 aliphatic heterocycles. The highest BCUT2D eigenvalue weighted by Gasteiger charge is 2.23. The van der Waals surface area contributed by atoms with Crippen molar-refractivity contribution in [1.29, 1.82) is 0 Å². The van der Waals surface area contributed by atoms with Crippen LogP contribution in [0.4, 0.5) is 0 Å². The highest BCUT2D eigenvalue weighted by Crippen LogP contribution is 2.22. The third-order valence-electron chi connectivity index (χ3n) is 4.42. The molecule has 1 fully saturated rings. The van der Waals surface area contributed by atoms with Gasteiger partial charge in [-0.2, -0.15) is 0 Å². The lowest BCUT2D eigenvalue weighted by Crippen LogP contribution is -2.33. The standard InChI is InChI=1S/C18H26N4OS/c1-14(2)18-17(24-20-19-18)13-22-9-8-21(11-16(23)12-22)10-15-6-4-3-5-7-15/h3-7,14,16,23H,8-13H2,1-2H3/t16-/m1/s1. The van der Waals surface area contributed by atoms with Crippen molar-refractivity contribution < 1.29 is 5.11 Å². The zero-order chi connectivity index (χ0) is 16.9. The van der Waals surface area contributed by atoms with Gasteiger partial charge in [0, 0.05) is 39.3 Å². The molecule has 0 unspecified atom stereocenters. The Labute approximate surface area is 148 Å². The minimum absolute atomic E-state index is 0.320. The number of hydrogen-bond donors (Lipinski definition) is 1. The topological polar surface area (TPSA) is 52.5 Å². The van der Waals surface area contributed by atoms with Crippen LogP contribution in [0.3, 0.4) is 0 Å². The zero-order valence-corrected chi connectivity index (χ0v) is 15.2. The van der Waals surface area contributed by atoms with Crippen LogP contribution in [0.25, 0.3) is 0 Å². The summed E-state index contributed by atoms with van der Waals surface area (Å²) in [5.74, 6) is 0.394. The monoisotopic (exact) mass is 346 g/mol. The van der Waals surface area contributed by atoms with Gasteiger partial charge in [-0.3, -0.25) is 9.80 Å². The quantitative estimate of drug-likeness (QED) is 0.901. The van der Waals surface area contributed by atoms with Crippen LogP contribution in [0.5, 0.6) is 0 Å². The maximum absolute atomic E-state index is 10.4. The number of aliphatic hydroxyl groups excluding tert-OH is 1. The van der Waals surface area contributed by atoms with Crippen molar-refractivity contribution in [3.05, 3.63) is 46.5 Å². The second-order valence-electron chi connectivity index (χ2n) is 6.85. The Morgan fingerprint density at radius 1 is 1.12 bits per heavy atom. The number of aliphatic hydroxyl groups is 1. The summed E-state index contributed by atoms with van der Waals surface area (Å²) < 4.78 is 4.11. The lowest BCUT2D eigenvalue weighted by Gasteiger charge is -2.21. The molecule has 2 heterocycles. The first-order valence-electron chi connectivity index (χ1n) is 8.59. The predicted molar refractivity (Wildman–Crippen MR) is 97.0 cm³/mol. The van der Waals surface area contributed by atoms with E-state index in [9.17, 15) is 5.11 Å². The lowest BCUT2D eigenvalue weighted by molar-refractivity contribution is 0.106. The van der Waals surface area contributed by atoms with E-state index in [4.69, 9.17) is 0 Å². The summed E-state index contributed by atoms with van der Waals surface area (Å²) in [5.41, 5.74) is 2.40. The first-order chi connectivity index (χ1) is 11.6. The van der Waals surface area contributed by atoms with Gasteiger partial charge in [0.1, 0.15) is 0 Å². The molecule has 6 heteroatoms. The molecule has 24 heavy (non-hydrogen) atoms. The average molecular weight is 347 g/mol. The Hall–Kier alpha value is -1.34. The molecule has 0 bridgehead atoms. The van der Waals surface area contributed by atoms with Crippen LogP contribution in [0, 0.1) is 0 Å². The summed E-state index contributed by atoms with van der Waals surface area (Å²) in [6, 6.07) is 10.5. The van der Waals surface area contributed by atoms with E-state index in [1.54, 1.807) is 0 Å². The number of benzene rings is 1. The van der Waals surface area contributed by atoms with Crippen LogP contribution >= 0.6 is 11.5 Å². The Bertz CT molecular complexity index is 631. The molecule has 0 saturated carbocycles. The van der Waals surface area contributed by atoms with E-state index in [-0.39, 0.29) is 6.10 Å². The number of nitrogens with zero attached hydrogens (tertiary/aromatic N) is 4. The van der Waals surface area contributed by atoms with E-state index in [1.165, 1.54) is 22.0 Å². The molecule has 0 amide bonds. The van der Waals surface area contributed by atoms with Crippen LogP contribution < -0.4 is 0 Å². The number of rotatable bonds is 5. The Balaban J connectivity index is 1.61. The van der Waals surface area contributed by atoms with Crippen molar-refractivity contribution in [1.82, 2.24) is 19.4 Å². The van der Waals surface area contributed by atoms with Gasteiger partial charge in [0.2, 0.25) is 0 Å². The molecule has 1 atom stereocenters. The van der Waals surface area contributed by atoms with Crippen LogP contribution in [-0.2, 0) is 13.1 Å². The first kappa shape index (κ1) is 17.5. The van der Waals surface area contributed by atoms with Crippen molar-refractivity contribution in [3.8, 4) is 0 Å². The van der Waals surface area contributed by atoms with E-state index in [2.05, 4.69) is 57.5 Å². The molecule has 1 aromatic heterocycles. The molecule has 1 aromatic carbocycles. The van der Waals surface area contributed by atoms with Gasteiger partial charge < -0.3 is 5.11 Å². The van der Waals surface area contributed by atoms with Gasteiger partial charge in [-0.25, -0.2) is 0 Å². The molecule has 3 rings (SSSR count). The zero-order valence-electron chi connectivity index (χ0n) is 14.4. The summed E-state index contributed by atoms with van der Waals surface area (Å²) in [4.78, 5) is 5.90. The fourth-order valence-corrected chi connectivity index (χ4v) is 4.05. The molecule has 1 saturated heterocycles. The largest absolute Gasteiger partial charge is 0.390 e. The third-order valence-corrected chi connectivity index (χ3v) is 5.14. The molecule has 1 aliphatic rings. The van der Waals surface area contributed by atoms with Gasteiger partial charge in [-0.1, -0.05) is 48.7 Å². The lowest BCUT2D eigenvalue weighted by atomic mass is 10.1. The Kier molecular flexibility index (Phi) is 5.94. The van der Waals surface area contributed by atoms with Crippen molar-refractivity contribution >= 4 is 11.5 Å². The maximum atomic E-state index is 10.4. The summed E-state index contributed by atoms with van der Waals surface area (Å²) in [6.45, 7) is 9.39. The highest BCUT2D eigenvalue weighted by molar-refractivity contribution is 7.05. The highest BCUT2D eigenvalue weighted by atomic mass is 32.1. The molecule has 1 N–H and O–H groups in total. The molecular weight excluding hydrogens is 320 g/mol. The van der Waals surface area contributed by atoms with Gasteiger partial charge in [0.25, 0.3) is 0 Å². The number of hydrogen-bond acceptors (Lipinski definition) is 6. The molecular formula is C18H26N4OS. The molecule has 2 aromatic rings. The molecule has 0 aliphatic carbocycles. The van der Waals surface area contributed by atoms with Crippen molar-refractivity contribution in [2.24, 2.45) is 0 Å². The van der Waals surface area contributed by atoms with E-state index in [0.29, 0.717) is 12.5 Å². The summed E-state index contributed by atoms with van der Waals surface area (Å²) in [5, 5.41) is 14.7. The molecule has 130 valence electrons. The van der Waals surface area contributed by atoms with E-state index in [0.717, 1.165) is 38.4 Å². The average Bonchev–Trinajstić information content (AvgIpc) is 2.94. The van der Waals surface area contributed by atoms with E-state index < -0.39 is 0 Å². The summed E-state index contributed by atoms with van der Waals surface area (Å²) >= 11 is 1.48. The van der Waals surface area contributed by atoms with Gasteiger partial charge in [0.05, 0.1) is 16.7 Å². The van der Waals surface area contributed by atoms with Crippen LogP contribution in [0.1, 0.15) is 35.9 Å².